The van der Waals surface area contributed by atoms with E-state index in [1.807, 2.05) is 0 Å². The summed E-state index contributed by atoms with van der Waals surface area (Å²) in [5.74, 6) is -13.4. The van der Waals surface area contributed by atoms with Crippen LogP contribution in [0.25, 0.3) is 0 Å². The van der Waals surface area contributed by atoms with Crippen LogP contribution in [0.15, 0.2) is 4.99 Å². The standard InChI is InChI=1S/C34H55N13O15/c1-15(41-29(57)17(5-3-9-39-34(37)38)45-30(58)20(12-26(53)54)44-23(49)13-35)27(55)46-19(11-25(51)52)28(56)40-14-24(50)43-18(7-8-22(36)48)32(60)47-10-4-6-21(47)31(59)42-16(2)33(61)62/h15-21H,3-14,35H2,1-2H3,(H2,36,48)(H,40,56)(H,41,57)(H,42,59)(H,43,50)(H,44,49)(H,45,58)(H,46,55)(H,51,52)(H,53,54)(H,61,62)(H4,37,38,39). The zero-order chi connectivity index (χ0) is 47.3. The number of nitrogens with zero attached hydrogens (tertiary/aromatic N) is 2. The number of amides is 9. The van der Waals surface area contributed by atoms with E-state index in [1.165, 1.54) is 6.92 Å². The van der Waals surface area contributed by atoms with Crippen LogP contribution in [0.2, 0.25) is 0 Å². The van der Waals surface area contributed by atoms with Gasteiger partial charge < -0.3 is 80.4 Å². The first-order chi connectivity index (χ1) is 29.0. The van der Waals surface area contributed by atoms with Crippen molar-refractivity contribution in [2.45, 2.75) is 108 Å². The van der Waals surface area contributed by atoms with E-state index in [1.54, 1.807) is 0 Å². The molecule has 7 atom stereocenters. The molecule has 0 aromatic rings. The summed E-state index contributed by atoms with van der Waals surface area (Å²) in [5.41, 5.74) is 21.1. The van der Waals surface area contributed by atoms with E-state index in [-0.39, 0.29) is 44.7 Å². The number of primary amides is 1. The Kier molecular flexibility index (Phi) is 22.3. The summed E-state index contributed by atoms with van der Waals surface area (Å²) in [6.45, 7) is 0.887. The first-order valence-electron chi connectivity index (χ1n) is 19.1. The fraction of sp³-hybridized carbons (Fsp3) is 0.618. The second-order valence-corrected chi connectivity index (χ2v) is 13.9. The van der Waals surface area contributed by atoms with E-state index in [0.29, 0.717) is 6.42 Å². The number of aliphatic carboxylic acids is 3. The molecule has 62 heavy (non-hydrogen) atoms. The minimum absolute atomic E-state index is 0.0258. The smallest absolute Gasteiger partial charge is 0.325 e. The molecule has 9 amide bonds. The van der Waals surface area contributed by atoms with E-state index in [9.17, 15) is 67.7 Å². The number of nitrogens with two attached hydrogens (primary N) is 4. The third kappa shape index (κ3) is 19.3. The molecule has 28 nitrogen and oxygen atoms in total. The highest BCUT2D eigenvalue weighted by atomic mass is 16.4. The number of likely N-dealkylation sites (tertiary alicyclic amines) is 1. The summed E-state index contributed by atoms with van der Waals surface area (Å²) in [4.78, 5) is 154. The van der Waals surface area contributed by atoms with Gasteiger partial charge in [0.15, 0.2) is 5.96 Å². The molecule has 1 rings (SSSR count). The number of carboxylic acids is 3. The van der Waals surface area contributed by atoms with E-state index in [0.717, 1.165) is 11.8 Å². The van der Waals surface area contributed by atoms with Crippen molar-refractivity contribution in [3.63, 3.8) is 0 Å². The first kappa shape index (κ1) is 52.9. The fourth-order valence-electron chi connectivity index (χ4n) is 5.70. The van der Waals surface area contributed by atoms with Gasteiger partial charge >= 0.3 is 17.9 Å². The Morgan fingerprint density at radius 2 is 1.24 bits per heavy atom. The third-order valence-corrected chi connectivity index (χ3v) is 8.86. The number of nitrogens with one attached hydrogen (secondary N) is 7. The van der Waals surface area contributed by atoms with Crippen molar-refractivity contribution in [3.05, 3.63) is 0 Å². The van der Waals surface area contributed by atoms with Gasteiger partial charge in [0.2, 0.25) is 53.2 Å². The highest BCUT2D eigenvalue weighted by molar-refractivity contribution is 5.98. The second-order valence-electron chi connectivity index (χ2n) is 13.9. The molecule has 0 bridgehead atoms. The van der Waals surface area contributed by atoms with E-state index in [4.69, 9.17) is 28.0 Å². The Labute approximate surface area is 353 Å². The lowest BCUT2D eigenvalue weighted by Gasteiger charge is -2.29. The maximum Gasteiger partial charge on any atom is 0.325 e. The van der Waals surface area contributed by atoms with Crippen LogP contribution >= 0.6 is 0 Å². The third-order valence-electron chi connectivity index (χ3n) is 8.86. The van der Waals surface area contributed by atoms with Gasteiger partial charge in [-0.25, -0.2) is 0 Å². The Morgan fingerprint density at radius 1 is 0.677 bits per heavy atom. The Balaban J connectivity index is 3.09. The molecule has 0 spiro atoms. The average molecular weight is 886 g/mol. The quantitative estimate of drug-likeness (QED) is 0.0207. The number of guanidine groups is 1. The highest BCUT2D eigenvalue weighted by Crippen LogP contribution is 2.20. The zero-order valence-corrected chi connectivity index (χ0v) is 34.0. The predicted molar refractivity (Wildman–Crippen MR) is 210 cm³/mol. The zero-order valence-electron chi connectivity index (χ0n) is 34.0. The Hall–Kier alpha value is -7.13. The minimum Gasteiger partial charge on any atom is -0.481 e. The molecule has 1 aliphatic heterocycles. The summed E-state index contributed by atoms with van der Waals surface area (Å²) in [5, 5.41) is 43.3. The molecule has 1 aliphatic rings. The van der Waals surface area contributed by atoms with Crippen molar-refractivity contribution < 1.29 is 72.9 Å². The minimum atomic E-state index is -1.85. The number of hydrogen-bond donors (Lipinski definition) is 14. The molecule has 28 heteroatoms. The van der Waals surface area contributed by atoms with Crippen LogP contribution in [0.3, 0.4) is 0 Å². The van der Waals surface area contributed by atoms with Crippen LogP contribution in [-0.4, -0.2) is 166 Å². The summed E-state index contributed by atoms with van der Waals surface area (Å²) >= 11 is 0. The second kappa shape index (κ2) is 26.2. The van der Waals surface area contributed by atoms with Gasteiger partial charge in [-0.05, 0) is 46.0 Å². The van der Waals surface area contributed by atoms with Gasteiger partial charge in [0.1, 0.15) is 42.3 Å². The fourth-order valence-corrected chi connectivity index (χ4v) is 5.70. The van der Waals surface area contributed by atoms with Crippen LogP contribution in [0.5, 0.6) is 0 Å². The van der Waals surface area contributed by atoms with Crippen molar-refractivity contribution in [1.82, 2.24) is 42.1 Å². The van der Waals surface area contributed by atoms with Gasteiger partial charge in [-0.15, -0.1) is 0 Å². The summed E-state index contributed by atoms with van der Waals surface area (Å²) < 4.78 is 0. The van der Waals surface area contributed by atoms with E-state index >= 15 is 0 Å². The van der Waals surface area contributed by atoms with Gasteiger partial charge in [0.25, 0.3) is 0 Å². The van der Waals surface area contributed by atoms with Crippen LogP contribution in [0.1, 0.15) is 65.2 Å². The first-order valence-corrected chi connectivity index (χ1v) is 19.1. The maximum atomic E-state index is 13.5. The molecule has 1 heterocycles. The molecule has 1 saturated heterocycles. The Morgan fingerprint density at radius 3 is 1.79 bits per heavy atom. The van der Waals surface area contributed by atoms with Crippen LogP contribution in [-0.2, 0) is 57.5 Å². The molecule has 7 unspecified atom stereocenters. The number of carboxylic acid groups (broad SMARTS) is 3. The molecular weight excluding hydrogens is 830 g/mol. The van der Waals surface area contributed by atoms with Crippen LogP contribution in [0, 0.1) is 0 Å². The van der Waals surface area contributed by atoms with Gasteiger partial charge in [-0.2, -0.15) is 0 Å². The van der Waals surface area contributed by atoms with Gasteiger partial charge in [-0.3, -0.25) is 62.5 Å². The van der Waals surface area contributed by atoms with E-state index in [2.05, 4.69) is 42.2 Å². The van der Waals surface area contributed by atoms with Crippen molar-refractivity contribution in [2.24, 2.45) is 27.9 Å². The molecule has 0 saturated carbocycles. The number of aliphatic imine (C=N–C) groups is 1. The summed E-state index contributed by atoms with van der Waals surface area (Å²) in [7, 11) is 0. The molecular formula is C34H55N13O15. The lowest BCUT2D eigenvalue weighted by Crippen LogP contribution is -2.58. The van der Waals surface area contributed by atoms with Crippen molar-refractivity contribution in [3.8, 4) is 0 Å². The molecule has 0 radical (unpaired) electrons. The van der Waals surface area contributed by atoms with Crippen molar-refractivity contribution in [1.29, 1.82) is 0 Å². The van der Waals surface area contributed by atoms with Gasteiger partial charge in [-0.1, -0.05) is 0 Å². The lowest BCUT2D eigenvalue weighted by molar-refractivity contribution is -0.144. The number of hydrogen-bond acceptors (Lipinski definition) is 14. The SMILES string of the molecule is CC(NC(=O)C1CCCN1C(=O)C(CCC(N)=O)NC(=O)CNC(=O)C(CC(=O)O)NC(=O)C(C)NC(=O)C(CCCN=C(N)N)NC(=O)C(CC(=O)O)NC(=O)CN)C(=O)O. The number of carbonyl (C=O) groups is 12. The topological polar surface area (TPSA) is 469 Å². The summed E-state index contributed by atoms with van der Waals surface area (Å²) in [6, 6.07) is -10.4. The maximum absolute atomic E-state index is 13.5. The van der Waals surface area contributed by atoms with Crippen molar-refractivity contribution >= 4 is 77.0 Å². The lowest BCUT2D eigenvalue weighted by atomic mass is 10.1. The molecule has 346 valence electrons. The molecule has 1 fully saturated rings. The largest absolute Gasteiger partial charge is 0.481 e. The highest BCUT2D eigenvalue weighted by Gasteiger charge is 2.39. The normalized spacial score (nSPS) is 16.0. The van der Waals surface area contributed by atoms with Gasteiger partial charge in [0, 0.05) is 19.5 Å². The number of carbonyl (C=O) groups excluding carboxylic acids is 9. The number of rotatable bonds is 27. The average Bonchev–Trinajstić information content (AvgIpc) is 3.68. The summed E-state index contributed by atoms with van der Waals surface area (Å²) in [6.07, 6.45) is -2.25. The molecule has 0 aromatic carbocycles. The predicted octanol–water partition coefficient (Wildman–Crippen LogP) is -7.65. The molecule has 0 aliphatic carbocycles. The monoisotopic (exact) mass is 885 g/mol. The van der Waals surface area contributed by atoms with Gasteiger partial charge in [0.05, 0.1) is 25.9 Å². The Bertz CT molecular complexity index is 1740. The van der Waals surface area contributed by atoms with Crippen LogP contribution < -0.4 is 60.2 Å². The molecule has 18 N–H and O–H groups in total. The van der Waals surface area contributed by atoms with Crippen molar-refractivity contribution in [2.75, 3.05) is 26.2 Å². The molecule has 0 aromatic heterocycles. The van der Waals surface area contributed by atoms with Crippen LogP contribution in [0.4, 0.5) is 0 Å². The van der Waals surface area contributed by atoms with E-state index < -0.39 is 146 Å².